The summed E-state index contributed by atoms with van der Waals surface area (Å²) in [5.74, 6) is 1.36. The van der Waals surface area contributed by atoms with Gasteiger partial charge in [0.15, 0.2) is 5.65 Å². The van der Waals surface area contributed by atoms with Gasteiger partial charge in [0, 0.05) is 37.8 Å². The van der Waals surface area contributed by atoms with E-state index in [9.17, 15) is 4.79 Å². The van der Waals surface area contributed by atoms with Gasteiger partial charge in [-0.3, -0.25) is 0 Å². The van der Waals surface area contributed by atoms with Crippen LogP contribution in [0.4, 0.5) is 16.4 Å². The summed E-state index contributed by atoms with van der Waals surface area (Å²) in [5.41, 5.74) is 7.10. The molecule has 2 aromatic rings. The maximum Gasteiger partial charge on any atom is 0.410 e. The molecule has 0 radical (unpaired) electrons. The smallest absolute Gasteiger partial charge is 0.410 e. The van der Waals surface area contributed by atoms with Crippen LogP contribution in [0.2, 0.25) is 0 Å². The topological polar surface area (TPSA) is 89.0 Å². The second kappa shape index (κ2) is 6.09. The van der Waals surface area contributed by atoms with Gasteiger partial charge in [0.1, 0.15) is 17.2 Å². The van der Waals surface area contributed by atoms with E-state index in [1.165, 1.54) is 0 Å². The van der Waals surface area contributed by atoms with Gasteiger partial charge in [0.05, 0.1) is 5.69 Å². The van der Waals surface area contributed by atoms with E-state index in [2.05, 4.69) is 21.9 Å². The number of piperazine rings is 1. The molecule has 2 aromatic heterocycles. The van der Waals surface area contributed by atoms with Gasteiger partial charge in [-0.2, -0.15) is 9.61 Å². The molecule has 1 aliphatic heterocycles. The fraction of sp³-hybridized carbons (Fsp3) is 0.588. The summed E-state index contributed by atoms with van der Waals surface area (Å²) in [4.78, 5) is 20.6. The number of nitrogens with zero attached hydrogens (tertiary/aromatic N) is 5. The van der Waals surface area contributed by atoms with E-state index in [-0.39, 0.29) is 12.1 Å². The zero-order chi connectivity index (χ0) is 18.4. The average molecular weight is 346 g/mol. The van der Waals surface area contributed by atoms with Crippen LogP contribution >= 0.6 is 0 Å². The number of carbonyl (C=O) groups excluding carboxylic acids is 1. The lowest BCUT2D eigenvalue weighted by Crippen LogP contribution is -2.55. The van der Waals surface area contributed by atoms with E-state index < -0.39 is 5.60 Å². The van der Waals surface area contributed by atoms with Crippen molar-refractivity contribution in [1.29, 1.82) is 0 Å². The maximum absolute atomic E-state index is 12.3. The van der Waals surface area contributed by atoms with Crippen molar-refractivity contribution in [3.8, 4) is 0 Å². The highest BCUT2D eigenvalue weighted by Crippen LogP contribution is 2.24. The maximum atomic E-state index is 12.3. The van der Waals surface area contributed by atoms with Crippen molar-refractivity contribution in [2.24, 2.45) is 0 Å². The van der Waals surface area contributed by atoms with Crippen molar-refractivity contribution in [2.75, 3.05) is 30.3 Å². The second-order valence-corrected chi connectivity index (χ2v) is 7.56. The van der Waals surface area contributed by atoms with E-state index in [1.807, 2.05) is 44.3 Å². The first-order chi connectivity index (χ1) is 11.6. The molecule has 1 fully saturated rings. The summed E-state index contributed by atoms with van der Waals surface area (Å²) in [6, 6.07) is 3.84. The third-order valence-corrected chi connectivity index (χ3v) is 4.12. The van der Waals surface area contributed by atoms with Crippen LogP contribution in [0.5, 0.6) is 0 Å². The van der Waals surface area contributed by atoms with Crippen molar-refractivity contribution < 1.29 is 9.53 Å². The Labute approximate surface area is 147 Å². The molecule has 3 heterocycles. The lowest BCUT2D eigenvalue weighted by atomic mass is 10.2. The van der Waals surface area contributed by atoms with Crippen molar-refractivity contribution >= 4 is 23.4 Å². The molecule has 1 atom stereocenters. The molecule has 3 rings (SSSR count). The Kier molecular flexibility index (Phi) is 4.22. The number of fused-ring (bicyclic) bond motifs is 1. The van der Waals surface area contributed by atoms with Gasteiger partial charge >= 0.3 is 6.09 Å². The number of anilines is 2. The molecular formula is C17H26N6O2. The summed E-state index contributed by atoms with van der Waals surface area (Å²) in [5, 5.41) is 4.52. The first kappa shape index (κ1) is 17.3. The van der Waals surface area contributed by atoms with Gasteiger partial charge in [-0.05, 0) is 34.6 Å². The zero-order valence-electron chi connectivity index (χ0n) is 15.5. The third-order valence-electron chi connectivity index (χ3n) is 4.12. The molecule has 136 valence electrons. The van der Waals surface area contributed by atoms with E-state index in [4.69, 9.17) is 10.5 Å². The predicted octanol–water partition coefficient (Wildman–Crippen LogP) is 2.07. The number of carbonyl (C=O) groups is 1. The number of nitrogens with two attached hydrogens (primary N) is 1. The Morgan fingerprint density at radius 2 is 2.04 bits per heavy atom. The van der Waals surface area contributed by atoms with E-state index in [0.717, 1.165) is 17.2 Å². The van der Waals surface area contributed by atoms with Crippen LogP contribution in [0.3, 0.4) is 0 Å². The Morgan fingerprint density at radius 3 is 2.68 bits per heavy atom. The molecule has 8 heteroatoms. The number of amides is 1. The normalized spacial score (nSPS) is 18.7. The summed E-state index contributed by atoms with van der Waals surface area (Å²) >= 11 is 0. The highest BCUT2D eigenvalue weighted by molar-refractivity contribution is 5.69. The largest absolute Gasteiger partial charge is 0.444 e. The molecule has 1 saturated heterocycles. The van der Waals surface area contributed by atoms with Gasteiger partial charge in [-0.15, -0.1) is 0 Å². The molecule has 0 spiro atoms. The predicted molar refractivity (Wildman–Crippen MR) is 96.8 cm³/mol. The molecule has 0 bridgehead atoms. The number of rotatable bonds is 1. The summed E-state index contributed by atoms with van der Waals surface area (Å²) in [6.07, 6.45) is -0.270. The molecule has 0 saturated carbocycles. The van der Waals surface area contributed by atoms with E-state index >= 15 is 0 Å². The Balaban J connectivity index is 1.82. The van der Waals surface area contributed by atoms with Gasteiger partial charge in [0.2, 0.25) is 0 Å². The van der Waals surface area contributed by atoms with Crippen LogP contribution in [0.15, 0.2) is 12.1 Å². The van der Waals surface area contributed by atoms with Crippen molar-refractivity contribution in [1.82, 2.24) is 19.5 Å². The molecule has 1 aliphatic rings. The van der Waals surface area contributed by atoms with Crippen molar-refractivity contribution in [3.05, 3.63) is 17.8 Å². The van der Waals surface area contributed by atoms with Gasteiger partial charge in [-0.25, -0.2) is 9.78 Å². The highest BCUT2D eigenvalue weighted by Gasteiger charge is 2.31. The fourth-order valence-electron chi connectivity index (χ4n) is 3.09. The molecular weight excluding hydrogens is 320 g/mol. The van der Waals surface area contributed by atoms with Crippen molar-refractivity contribution in [2.45, 2.75) is 46.3 Å². The number of hydrogen-bond donors (Lipinski definition) is 1. The van der Waals surface area contributed by atoms with Crippen LogP contribution in [-0.4, -0.2) is 56.9 Å². The first-order valence-electron chi connectivity index (χ1n) is 8.51. The highest BCUT2D eigenvalue weighted by atomic mass is 16.6. The summed E-state index contributed by atoms with van der Waals surface area (Å²) in [6.45, 7) is 11.5. The number of nitrogen functional groups attached to an aromatic ring is 1. The minimum atomic E-state index is -0.490. The van der Waals surface area contributed by atoms with Crippen LogP contribution in [-0.2, 0) is 4.74 Å². The van der Waals surface area contributed by atoms with Crippen LogP contribution in [0.25, 0.3) is 5.65 Å². The van der Waals surface area contributed by atoms with Gasteiger partial charge in [-0.1, -0.05) is 0 Å². The number of ether oxygens (including phenoxy) is 1. The SMILES string of the molecule is Cc1cc2nc(N)cc(N3CCN(C(=O)OC(C)(C)C)C[C@@H]3C)n2n1. The molecule has 0 aromatic carbocycles. The van der Waals surface area contributed by atoms with Gasteiger partial charge < -0.3 is 20.3 Å². The number of aryl methyl sites for hydroxylation is 1. The second-order valence-electron chi connectivity index (χ2n) is 7.56. The molecule has 8 nitrogen and oxygen atoms in total. The lowest BCUT2D eigenvalue weighted by Gasteiger charge is -2.41. The molecule has 0 aliphatic carbocycles. The zero-order valence-corrected chi connectivity index (χ0v) is 15.5. The van der Waals surface area contributed by atoms with Crippen LogP contribution in [0, 0.1) is 6.92 Å². The van der Waals surface area contributed by atoms with Crippen LogP contribution in [0.1, 0.15) is 33.4 Å². The lowest BCUT2D eigenvalue weighted by molar-refractivity contribution is 0.0218. The first-order valence-corrected chi connectivity index (χ1v) is 8.51. The molecule has 25 heavy (non-hydrogen) atoms. The van der Waals surface area contributed by atoms with E-state index in [1.54, 1.807) is 4.90 Å². The third kappa shape index (κ3) is 3.62. The Bertz CT molecular complexity index is 794. The number of aromatic nitrogens is 3. The molecule has 0 unspecified atom stereocenters. The average Bonchev–Trinajstić information content (AvgIpc) is 2.84. The van der Waals surface area contributed by atoms with Gasteiger partial charge in [0.25, 0.3) is 0 Å². The fourth-order valence-corrected chi connectivity index (χ4v) is 3.09. The molecule has 1 amide bonds. The number of hydrogen-bond acceptors (Lipinski definition) is 6. The van der Waals surface area contributed by atoms with E-state index in [0.29, 0.717) is 25.5 Å². The quantitative estimate of drug-likeness (QED) is 0.850. The Hall–Kier alpha value is -2.51. The minimum absolute atomic E-state index is 0.107. The minimum Gasteiger partial charge on any atom is -0.444 e. The standard InChI is InChI=1S/C17H26N6O2/c1-11-8-14-19-13(18)9-15(23(14)20-11)22-7-6-21(10-12(22)2)16(24)25-17(3,4)5/h8-9,12H,6-7,10H2,1-5H3,(H2,18,19)/t12-/m0/s1. The Morgan fingerprint density at radius 1 is 1.32 bits per heavy atom. The van der Waals surface area contributed by atoms with Crippen molar-refractivity contribution in [3.63, 3.8) is 0 Å². The summed E-state index contributed by atoms with van der Waals surface area (Å²) < 4.78 is 7.29. The monoisotopic (exact) mass is 346 g/mol. The van der Waals surface area contributed by atoms with Crippen LogP contribution < -0.4 is 10.6 Å². The molecule has 2 N–H and O–H groups in total. The summed E-state index contributed by atoms with van der Waals surface area (Å²) in [7, 11) is 0.